The first-order chi connectivity index (χ1) is 18.7. The van der Waals surface area contributed by atoms with Gasteiger partial charge in [0.15, 0.2) is 0 Å². The maximum absolute atomic E-state index is 13.5. The lowest BCUT2D eigenvalue weighted by atomic mass is 9.57. The van der Waals surface area contributed by atoms with Crippen LogP contribution in [-0.4, -0.2) is 28.2 Å². The molecule has 0 atom stereocenters. The van der Waals surface area contributed by atoms with Gasteiger partial charge in [-0.15, -0.1) is 0 Å². The van der Waals surface area contributed by atoms with Crippen molar-refractivity contribution in [1.29, 1.82) is 0 Å². The van der Waals surface area contributed by atoms with Crippen LogP contribution in [0.2, 0.25) is 10.0 Å². The predicted octanol–water partition coefficient (Wildman–Crippen LogP) is 8.42. The van der Waals surface area contributed by atoms with Crippen LogP contribution in [0.1, 0.15) is 48.5 Å². The van der Waals surface area contributed by atoms with E-state index in [9.17, 15) is 13.2 Å². The smallest absolute Gasteiger partial charge is 0.370 e. The van der Waals surface area contributed by atoms with E-state index in [-0.39, 0.29) is 10.8 Å². The molecule has 1 aliphatic heterocycles. The van der Waals surface area contributed by atoms with Crippen LogP contribution in [0.15, 0.2) is 53.5 Å². The molecule has 0 N–H and O–H groups in total. The van der Waals surface area contributed by atoms with Crippen LogP contribution in [0.4, 0.5) is 18.9 Å². The summed E-state index contributed by atoms with van der Waals surface area (Å²) in [6.45, 7) is 1.66. The highest BCUT2D eigenvalue weighted by Crippen LogP contribution is 2.54. The van der Waals surface area contributed by atoms with Crippen molar-refractivity contribution in [2.45, 2.75) is 37.8 Å². The molecule has 4 heterocycles. The molecule has 2 saturated carbocycles. The van der Waals surface area contributed by atoms with Gasteiger partial charge in [0, 0.05) is 65.2 Å². The van der Waals surface area contributed by atoms with E-state index < -0.39 is 11.7 Å². The van der Waals surface area contributed by atoms with Crippen molar-refractivity contribution in [1.82, 2.24) is 15.1 Å². The van der Waals surface area contributed by atoms with Crippen molar-refractivity contribution in [3.05, 3.63) is 75.9 Å². The van der Waals surface area contributed by atoms with Crippen LogP contribution in [0.3, 0.4) is 0 Å². The summed E-state index contributed by atoms with van der Waals surface area (Å²) in [5, 5.41) is 5.33. The quantitative estimate of drug-likeness (QED) is 0.241. The third kappa shape index (κ3) is 4.38. The molecule has 0 unspecified atom stereocenters. The van der Waals surface area contributed by atoms with Crippen molar-refractivity contribution in [3.63, 3.8) is 0 Å². The van der Waals surface area contributed by atoms with Gasteiger partial charge in [-0.3, -0.25) is 9.97 Å². The number of pyridine rings is 2. The molecule has 0 radical (unpaired) electrons. The average Bonchev–Trinajstić information content (AvgIpc) is 3.61. The Morgan fingerprint density at radius 3 is 2.49 bits per heavy atom. The Bertz CT molecular complexity index is 1590. The summed E-state index contributed by atoms with van der Waals surface area (Å²) in [5.74, 6) is 1.65. The maximum atomic E-state index is 13.5. The monoisotopic (exact) mass is 570 g/mol. The third-order valence-corrected chi connectivity index (χ3v) is 8.74. The van der Waals surface area contributed by atoms with Crippen LogP contribution in [-0.2, 0) is 6.18 Å². The van der Waals surface area contributed by atoms with Crippen LogP contribution < -0.4 is 4.90 Å². The fourth-order valence-electron chi connectivity index (χ4n) is 6.13. The third-order valence-electron chi connectivity index (χ3n) is 8.17. The van der Waals surface area contributed by atoms with Crippen LogP contribution in [0, 0.1) is 11.3 Å². The molecule has 1 saturated heterocycles. The summed E-state index contributed by atoms with van der Waals surface area (Å²) in [5.41, 5.74) is 2.90. The van der Waals surface area contributed by atoms with Gasteiger partial charge in [-0.05, 0) is 55.9 Å². The first-order valence-electron chi connectivity index (χ1n) is 12.9. The number of halogens is 5. The van der Waals surface area contributed by atoms with Crippen LogP contribution in [0.5, 0.6) is 0 Å². The largest absolute Gasteiger partial charge is 0.417 e. The summed E-state index contributed by atoms with van der Waals surface area (Å²) in [7, 11) is 0. The zero-order valence-electron chi connectivity index (χ0n) is 20.7. The first-order valence-corrected chi connectivity index (χ1v) is 13.6. The number of alkyl halides is 3. The van der Waals surface area contributed by atoms with Crippen molar-refractivity contribution < 1.29 is 17.7 Å². The molecular weight excluding hydrogens is 548 g/mol. The standard InChI is InChI=1S/C29H23Cl2F3N4O/c30-22-12-35-13-23(31)25(22)26-19(27(39-37-26)17-2-3-17)5-1-16-10-28(11-16)14-38(15-28)18-4-6-24-20(9-18)21(7-8-36-24)29(32,33)34/h1,4-9,12-13,16-17H,2-3,10-11,14-15H2/b5-1+. The number of fused-ring (bicyclic) bond motifs is 1. The Morgan fingerprint density at radius 2 is 1.79 bits per heavy atom. The minimum Gasteiger partial charge on any atom is -0.370 e. The molecule has 7 rings (SSSR count). The van der Waals surface area contributed by atoms with E-state index >= 15 is 0 Å². The van der Waals surface area contributed by atoms with Crippen molar-refractivity contribution in [2.75, 3.05) is 18.0 Å². The summed E-state index contributed by atoms with van der Waals surface area (Å²) in [6, 6.07) is 6.20. The zero-order valence-corrected chi connectivity index (χ0v) is 22.2. The maximum Gasteiger partial charge on any atom is 0.417 e. The van der Waals surface area contributed by atoms with Gasteiger partial charge in [-0.1, -0.05) is 40.5 Å². The summed E-state index contributed by atoms with van der Waals surface area (Å²) < 4.78 is 46.3. The molecule has 3 aliphatic rings. The first kappa shape index (κ1) is 24.9. The van der Waals surface area contributed by atoms with Crippen LogP contribution in [0.25, 0.3) is 28.2 Å². The second-order valence-corrected chi connectivity index (χ2v) is 11.8. The van der Waals surface area contributed by atoms with E-state index in [0.717, 1.165) is 61.9 Å². The SMILES string of the molecule is FC(F)(F)c1ccnc2ccc(N3CC4(CC(/C=C/c5c(-c6c(Cl)cncc6Cl)noc5C5CC5)C4)C3)cc12. The molecule has 200 valence electrons. The molecular formula is C29H23Cl2F3N4O. The minimum absolute atomic E-state index is 0.142. The number of benzene rings is 1. The second-order valence-electron chi connectivity index (χ2n) is 11.0. The highest BCUT2D eigenvalue weighted by molar-refractivity contribution is 6.39. The highest BCUT2D eigenvalue weighted by atomic mass is 35.5. The molecule has 3 fully saturated rings. The molecule has 1 spiro atoms. The number of nitrogens with zero attached hydrogens (tertiary/aromatic N) is 4. The summed E-state index contributed by atoms with van der Waals surface area (Å²) >= 11 is 12.8. The molecule has 1 aromatic carbocycles. The van der Waals surface area contributed by atoms with Crippen molar-refractivity contribution in [3.8, 4) is 11.3 Å². The molecule has 39 heavy (non-hydrogen) atoms. The molecule has 5 nitrogen and oxygen atoms in total. The van der Waals surface area contributed by atoms with Gasteiger partial charge in [0.2, 0.25) is 0 Å². The summed E-state index contributed by atoms with van der Waals surface area (Å²) in [4.78, 5) is 10.3. The van der Waals surface area contributed by atoms with Gasteiger partial charge in [-0.25, -0.2) is 0 Å². The van der Waals surface area contributed by atoms with Crippen LogP contribution >= 0.6 is 23.2 Å². The van der Waals surface area contributed by atoms with E-state index in [2.05, 4.69) is 32.2 Å². The van der Waals surface area contributed by atoms with Gasteiger partial charge < -0.3 is 9.42 Å². The van der Waals surface area contributed by atoms with Gasteiger partial charge >= 0.3 is 6.18 Å². The molecule has 0 amide bonds. The number of anilines is 1. The van der Waals surface area contributed by atoms with E-state index in [1.807, 2.05) is 6.07 Å². The number of hydrogen-bond acceptors (Lipinski definition) is 5. The van der Waals surface area contributed by atoms with Gasteiger partial charge in [0.1, 0.15) is 11.5 Å². The van der Waals surface area contributed by atoms with Gasteiger partial charge in [0.25, 0.3) is 0 Å². The minimum atomic E-state index is -4.42. The molecule has 10 heteroatoms. The van der Waals surface area contributed by atoms with E-state index in [1.165, 1.54) is 6.20 Å². The van der Waals surface area contributed by atoms with E-state index in [4.69, 9.17) is 27.7 Å². The van der Waals surface area contributed by atoms with Gasteiger partial charge in [0.05, 0.1) is 21.1 Å². The normalized spacial score (nSPS) is 19.2. The predicted molar refractivity (Wildman–Crippen MR) is 145 cm³/mol. The Hall–Kier alpha value is -3.10. The average molecular weight is 571 g/mol. The number of rotatable bonds is 5. The van der Waals surface area contributed by atoms with E-state index in [1.54, 1.807) is 24.5 Å². The second kappa shape index (κ2) is 8.96. The number of aromatic nitrogens is 3. The lowest BCUT2D eigenvalue weighted by Crippen LogP contribution is -2.62. The Morgan fingerprint density at radius 1 is 1.05 bits per heavy atom. The molecule has 2 aliphatic carbocycles. The lowest BCUT2D eigenvalue weighted by Gasteiger charge is -2.59. The van der Waals surface area contributed by atoms with Gasteiger partial charge in [-0.2, -0.15) is 13.2 Å². The van der Waals surface area contributed by atoms with Crippen molar-refractivity contribution >= 4 is 45.9 Å². The number of hydrogen-bond donors (Lipinski definition) is 0. The zero-order chi connectivity index (χ0) is 26.9. The fraction of sp³-hybridized carbons (Fsp3) is 0.345. The lowest BCUT2D eigenvalue weighted by molar-refractivity contribution is -0.136. The summed E-state index contributed by atoms with van der Waals surface area (Å²) in [6.07, 6.45) is 8.41. The Kier molecular flexibility index (Phi) is 5.72. The molecule has 0 bridgehead atoms. The fourth-order valence-corrected chi connectivity index (χ4v) is 6.68. The highest BCUT2D eigenvalue weighted by Gasteiger charge is 2.51. The molecule has 4 aromatic rings. The van der Waals surface area contributed by atoms with Crippen molar-refractivity contribution in [2.24, 2.45) is 11.3 Å². The Balaban J connectivity index is 1.06. The number of allylic oxidation sites excluding steroid dienone is 1. The Labute approximate surface area is 232 Å². The van der Waals surface area contributed by atoms with E-state index in [0.29, 0.717) is 38.7 Å². The molecule has 3 aromatic heterocycles. The topological polar surface area (TPSA) is 55.1 Å².